The van der Waals surface area contributed by atoms with Crippen molar-refractivity contribution in [3.05, 3.63) is 81.9 Å². The van der Waals surface area contributed by atoms with Gasteiger partial charge in [-0.25, -0.2) is 9.69 Å². The summed E-state index contributed by atoms with van der Waals surface area (Å²) >= 11 is 0. The molecule has 1 aromatic carbocycles. The molecular weight excluding hydrogens is 506 g/mol. The van der Waals surface area contributed by atoms with Crippen molar-refractivity contribution >= 4 is 35.0 Å². The first-order valence-electron chi connectivity index (χ1n) is 12.5. The van der Waals surface area contributed by atoms with E-state index in [4.69, 9.17) is 4.42 Å². The zero-order chi connectivity index (χ0) is 27.7. The third kappa shape index (κ3) is 3.55. The number of Topliss-reactive ketones (excluding diaryl/α,β-unsaturated/α-hetero) is 1. The molecule has 0 spiro atoms. The fourth-order valence-electron chi connectivity index (χ4n) is 6.42. The fraction of sp³-hybridized carbons (Fsp3) is 0.276. The number of carbonyl (C=O) groups excluding carboxylic acids is 4. The van der Waals surface area contributed by atoms with Gasteiger partial charge in [0, 0.05) is 22.8 Å². The fourth-order valence-corrected chi connectivity index (χ4v) is 6.42. The minimum absolute atomic E-state index is 0.0526. The van der Waals surface area contributed by atoms with Crippen LogP contribution in [0.2, 0.25) is 0 Å². The number of carboxylic acids is 1. The largest absolute Gasteiger partial charge is 0.507 e. The molecule has 0 unspecified atom stereocenters. The van der Waals surface area contributed by atoms with E-state index in [0.717, 1.165) is 17.0 Å². The Labute approximate surface area is 221 Å². The van der Waals surface area contributed by atoms with E-state index in [1.54, 1.807) is 19.1 Å². The van der Waals surface area contributed by atoms with Gasteiger partial charge in [-0.2, -0.15) is 0 Å². The number of benzene rings is 1. The maximum absolute atomic E-state index is 13.8. The van der Waals surface area contributed by atoms with Gasteiger partial charge in [0.25, 0.3) is 0 Å². The summed E-state index contributed by atoms with van der Waals surface area (Å²) in [5.41, 5.74) is 1.27. The van der Waals surface area contributed by atoms with Crippen molar-refractivity contribution in [2.45, 2.75) is 32.3 Å². The third-order valence-electron chi connectivity index (χ3n) is 8.16. The molecule has 4 aliphatic rings. The molecule has 1 saturated heterocycles. The summed E-state index contributed by atoms with van der Waals surface area (Å²) in [7, 11) is 0. The number of anilines is 1. The van der Waals surface area contributed by atoms with Gasteiger partial charge in [0.1, 0.15) is 29.4 Å². The van der Waals surface area contributed by atoms with E-state index in [2.05, 4.69) is 0 Å². The van der Waals surface area contributed by atoms with Crippen molar-refractivity contribution in [1.29, 1.82) is 0 Å². The highest BCUT2D eigenvalue weighted by Gasteiger charge is 2.57. The van der Waals surface area contributed by atoms with Crippen LogP contribution in [-0.4, -0.2) is 44.7 Å². The van der Waals surface area contributed by atoms with E-state index in [-0.39, 0.29) is 53.6 Å². The normalized spacial score (nSPS) is 26.3. The lowest BCUT2D eigenvalue weighted by molar-refractivity contribution is -0.123. The molecule has 1 aromatic heterocycles. The van der Waals surface area contributed by atoms with Gasteiger partial charge in [0.2, 0.25) is 11.8 Å². The minimum atomic E-state index is -1.35. The van der Waals surface area contributed by atoms with Gasteiger partial charge < -0.3 is 19.7 Å². The standard InChI is InChI=1S/C29H23NO9/c1-12-8-20(32)19-10-18-15(24(25(19)26(12)34)22-7-3-14(11-31)39-22)5-6-17-23(18)28(36)30(27(17)35)13-2-4-16(29(37)38)21(33)9-13/h2-5,7-9,17-18,23-24,31,33H,6,10-11H2,1H3,(H,37,38)/t17-,18+,23-,24+/m0/s1. The van der Waals surface area contributed by atoms with Crippen molar-refractivity contribution in [1.82, 2.24) is 0 Å². The number of aromatic hydroxyl groups is 1. The average molecular weight is 530 g/mol. The topological polar surface area (TPSA) is 162 Å². The number of rotatable bonds is 4. The summed E-state index contributed by atoms with van der Waals surface area (Å²) in [6.07, 6.45) is 3.43. The Morgan fingerprint density at radius 2 is 1.85 bits per heavy atom. The Hall–Kier alpha value is -4.57. The molecule has 0 saturated carbocycles. The van der Waals surface area contributed by atoms with Gasteiger partial charge in [-0.05, 0) is 56.0 Å². The third-order valence-corrected chi connectivity index (χ3v) is 8.16. The number of hydrogen-bond acceptors (Lipinski definition) is 8. The van der Waals surface area contributed by atoms with Gasteiger partial charge in [0.05, 0.1) is 23.4 Å². The van der Waals surface area contributed by atoms with Gasteiger partial charge >= 0.3 is 5.97 Å². The molecule has 2 aromatic rings. The summed E-state index contributed by atoms with van der Waals surface area (Å²) in [5.74, 6) is -5.80. The number of carboxylic acid groups (broad SMARTS) is 1. The van der Waals surface area contributed by atoms with E-state index in [9.17, 15) is 39.3 Å². The van der Waals surface area contributed by atoms with Crippen LogP contribution in [-0.2, 0) is 25.8 Å². The quantitative estimate of drug-likeness (QED) is 0.307. The number of imide groups is 1. The maximum atomic E-state index is 13.8. The Balaban J connectivity index is 1.44. The zero-order valence-electron chi connectivity index (χ0n) is 20.7. The molecule has 39 heavy (non-hydrogen) atoms. The van der Waals surface area contributed by atoms with E-state index in [0.29, 0.717) is 22.5 Å². The summed E-state index contributed by atoms with van der Waals surface area (Å²) < 4.78 is 5.84. The first kappa shape index (κ1) is 24.7. The first-order chi connectivity index (χ1) is 18.6. The highest BCUT2D eigenvalue weighted by molar-refractivity contribution is 6.25. The number of phenols is 1. The van der Waals surface area contributed by atoms with Crippen LogP contribution in [0, 0.1) is 17.8 Å². The second kappa shape index (κ2) is 8.74. The minimum Gasteiger partial charge on any atom is -0.507 e. The number of hydrogen-bond donors (Lipinski definition) is 3. The molecule has 2 amide bonds. The summed E-state index contributed by atoms with van der Waals surface area (Å²) in [4.78, 5) is 66.0. The highest BCUT2D eigenvalue weighted by atomic mass is 16.4. The van der Waals surface area contributed by atoms with Crippen LogP contribution >= 0.6 is 0 Å². The van der Waals surface area contributed by atoms with Crippen LogP contribution < -0.4 is 4.90 Å². The molecule has 1 aliphatic heterocycles. The Bertz CT molecular complexity index is 1600. The van der Waals surface area contributed by atoms with Crippen molar-refractivity contribution in [3.8, 4) is 5.75 Å². The molecule has 10 nitrogen and oxygen atoms in total. The molecule has 3 aliphatic carbocycles. The summed E-state index contributed by atoms with van der Waals surface area (Å²) in [5, 5.41) is 28.9. The molecule has 3 N–H and O–H groups in total. The number of aliphatic hydroxyl groups is 1. The van der Waals surface area contributed by atoms with Gasteiger partial charge in [0.15, 0.2) is 11.6 Å². The molecule has 0 radical (unpaired) electrons. The number of carbonyl (C=O) groups is 5. The summed E-state index contributed by atoms with van der Waals surface area (Å²) in [6.45, 7) is 1.22. The number of ketones is 2. The lowest BCUT2D eigenvalue weighted by Crippen LogP contribution is -2.39. The number of furan rings is 1. The monoisotopic (exact) mass is 529 g/mol. The second-order valence-corrected chi connectivity index (χ2v) is 10.2. The second-order valence-electron chi connectivity index (χ2n) is 10.2. The average Bonchev–Trinajstić information content (AvgIpc) is 3.48. The molecule has 4 atom stereocenters. The van der Waals surface area contributed by atoms with E-state index in [1.165, 1.54) is 12.1 Å². The number of nitrogens with zero attached hydrogens (tertiary/aromatic N) is 1. The van der Waals surface area contributed by atoms with Crippen LogP contribution in [0.25, 0.3) is 0 Å². The molecule has 2 heterocycles. The predicted octanol–water partition coefficient (Wildman–Crippen LogP) is 2.81. The molecule has 10 heteroatoms. The molecule has 0 bridgehead atoms. The van der Waals surface area contributed by atoms with Crippen LogP contribution in [0.4, 0.5) is 5.69 Å². The van der Waals surface area contributed by atoms with Crippen LogP contribution in [0.15, 0.2) is 69.2 Å². The Kier molecular flexibility index (Phi) is 5.55. The number of aliphatic hydroxyl groups excluding tert-OH is 1. The molecule has 198 valence electrons. The van der Waals surface area contributed by atoms with Crippen LogP contribution in [0.5, 0.6) is 5.75 Å². The number of amides is 2. The SMILES string of the molecule is CC1=CC(=O)C2=C(C1=O)[C@@H](c1ccc(CO)o1)C1=CC[C@@H]3C(=O)N(c4ccc(C(=O)O)c(O)c4)C(=O)[C@@H]3[C@@H]1C2. The van der Waals surface area contributed by atoms with Crippen molar-refractivity contribution in [3.63, 3.8) is 0 Å². The van der Waals surface area contributed by atoms with Gasteiger partial charge in [-0.15, -0.1) is 0 Å². The maximum Gasteiger partial charge on any atom is 0.339 e. The zero-order valence-corrected chi connectivity index (χ0v) is 20.7. The van der Waals surface area contributed by atoms with Gasteiger partial charge in [-0.3, -0.25) is 19.2 Å². The Morgan fingerprint density at radius 1 is 1.08 bits per heavy atom. The van der Waals surface area contributed by atoms with E-state index < -0.39 is 47.2 Å². The lowest BCUT2D eigenvalue weighted by atomic mass is 9.60. The number of fused-ring (bicyclic) bond motifs is 3. The number of allylic oxidation sites excluding steroid dienone is 6. The highest BCUT2D eigenvalue weighted by Crippen LogP contribution is 2.55. The predicted molar refractivity (Wildman–Crippen MR) is 134 cm³/mol. The van der Waals surface area contributed by atoms with Gasteiger partial charge in [-0.1, -0.05) is 11.6 Å². The Morgan fingerprint density at radius 3 is 2.51 bits per heavy atom. The van der Waals surface area contributed by atoms with Crippen LogP contribution in [0.1, 0.15) is 47.6 Å². The van der Waals surface area contributed by atoms with Crippen LogP contribution in [0.3, 0.4) is 0 Å². The van der Waals surface area contributed by atoms with E-state index in [1.807, 2.05) is 6.08 Å². The van der Waals surface area contributed by atoms with Crippen molar-refractivity contribution in [2.75, 3.05) is 4.90 Å². The number of aromatic carboxylic acids is 1. The lowest BCUT2D eigenvalue weighted by Gasteiger charge is -2.41. The molecule has 1 fully saturated rings. The first-order valence-corrected chi connectivity index (χ1v) is 12.5. The molecule has 6 rings (SSSR count). The molecular formula is C29H23NO9. The van der Waals surface area contributed by atoms with E-state index >= 15 is 0 Å². The smallest absolute Gasteiger partial charge is 0.339 e. The van der Waals surface area contributed by atoms with Crippen molar-refractivity contribution in [2.24, 2.45) is 17.8 Å². The van der Waals surface area contributed by atoms with Crippen molar-refractivity contribution < 1.29 is 43.7 Å². The summed E-state index contributed by atoms with van der Waals surface area (Å²) in [6, 6.07) is 6.73.